The fraction of sp³-hybridized carbons (Fsp3) is 0.320. The number of nitrogens with one attached hydrogen (secondary N) is 5. The molecule has 2 aromatic heterocycles. The average molecular weight is 666 g/mol. The van der Waals surface area contributed by atoms with Gasteiger partial charge >= 0.3 is 18.3 Å². The molecule has 2 heterocycles. The molecule has 0 saturated carbocycles. The van der Waals surface area contributed by atoms with E-state index in [1.165, 1.54) is 38.1 Å². The lowest BCUT2D eigenvalue weighted by atomic mass is 10.2. The number of nitrogens with zero attached hydrogens (tertiary/aromatic N) is 4. The van der Waals surface area contributed by atoms with E-state index in [9.17, 15) is 40.7 Å². The Kier molecular flexibility index (Phi) is 13.1. The molecule has 0 saturated heterocycles. The van der Waals surface area contributed by atoms with Gasteiger partial charge in [0.2, 0.25) is 23.0 Å². The molecule has 0 fully saturated rings. The first-order valence-electron chi connectivity index (χ1n) is 12.6. The molecule has 1 aromatic carbocycles. The molecule has 13 nitrogen and oxygen atoms in total. The van der Waals surface area contributed by atoms with Gasteiger partial charge in [0.1, 0.15) is 22.8 Å². The zero-order chi connectivity index (χ0) is 33.8. The normalized spacial score (nSPS) is 11.0. The van der Waals surface area contributed by atoms with Crippen LogP contribution in [0.15, 0.2) is 36.7 Å². The number of carbonyl (C=O) groups is 3. The van der Waals surface area contributed by atoms with Crippen molar-refractivity contribution in [1.82, 2.24) is 30.6 Å². The van der Waals surface area contributed by atoms with E-state index in [0.29, 0.717) is 18.1 Å². The second-order valence-electron chi connectivity index (χ2n) is 8.68. The molecule has 3 aromatic rings. The van der Waals surface area contributed by atoms with E-state index in [1.807, 2.05) is 0 Å². The minimum absolute atomic E-state index is 0.000525. The van der Waals surface area contributed by atoms with Crippen LogP contribution in [0.3, 0.4) is 0 Å². The number of anilines is 4. The summed E-state index contributed by atoms with van der Waals surface area (Å²) in [7, 11) is 0. The molecule has 20 heteroatoms. The maximum atomic E-state index is 13.1. The topological polar surface area (TPSA) is 183 Å². The summed E-state index contributed by atoms with van der Waals surface area (Å²) in [5, 5.41) is 21.2. The number of benzene rings is 1. The number of carbonyl (C=O) groups excluding carboxylic acids is 2. The van der Waals surface area contributed by atoms with Gasteiger partial charge in [-0.25, -0.2) is 19.7 Å². The van der Waals surface area contributed by atoms with Crippen molar-refractivity contribution in [2.45, 2.75) is 26.2 Å². The van der Waals surface area contributed by atoms with Crippen molar-refractivity contribution in [1.29, 1.82) is 0 Å². The van der Waals surface area contributed by atoms with Gasteiger partial charge in [-0.3, -0.25) is 9.59 Å². The van der Waals surface area contributed by atoms with E-state index < -0.39 is 41.1 Å². The Morgan fingerprint density at radius 3 is 1.80 bits per heavy atom. The summed E-state index contributed by atoms with van der Waals surface area (Å²) >= 11 is 5.43. The summed E-state index contributed by atoms with van der Waals surface area (Å²) in [6.07, 6.45) is -8.01. The zero-order valence-corrected chi connectivity index (χ0v) is 24.2. The predicted molar refractivity (Wildman–Crippen MR) is 150 cm³/mol. The summed E-state index contributed by atoms with van der Waals surface area (Å²) in [5.74, 6) is -2.74. The second kappa shape index (κ2) is 16.2. The first-order valence-corrected chi connectivity index (χ1v) is 13.0. The Bertz CT molecular complexity index is 1490. The highest BCUT2D eigenvalue weighted by molar-refractivity contribution is 6.28. The van der Waals surface area contributed by atoms with Crippen molar-refractivity contribution in [2.75, 3.05) is 42.1 Å². The van der Waals surface area contributed by atoms with Crippen LogP contribution in [0.4, 0.5) is 49.6 Å². The summed E-state index contributed by atoms with van der Waals surface area (Å²) in [6.45, 7) is 3.00. The number of aromatic carboxylic acids is 1. The number of aromatic nitrogens is 4. The molecule has 0 spiro atoms. The monoisotopic (exact) mass is 665 g/mol. The maximum absolute atomic E-state index is 13.1. The fourth-order valence-electron chi connectivity index (χ4n) is 3.18. The molecule has 0 radical (unpaired) electrons. The van der Waals surface area contributed by atoms with Gasteiger partial charge in [0.15, 0.2) is 0 Å². The number of amides is 2. The summed E-state index contributed by atoms with van der Waals surface area (Å²) in [4.78, 5) is 46.6. The van der Waals surface area contributed by atoms with Crippen LogP contribution < -0.4 is 26.6 Å². The standard InChI is InChI=1S/C16H16F3N5O3.C9H10ClF3N4O/c1-9(25)20-5-6-21-13-12(16(17,18)19)8-22-15(24-13)23-11-4-2-3-10(7-11)14(26)27;1-5(18)14-2-3-15-7-6(9(11,12)13)4-16-8(10)17-7/h2-4,7-8H,5-6H2,1H3,(H,20,25)(H,26,27)(H2,21,22,23,24);4H,2-3H2,1H3,(H,14,18)(H,15,16,17). The van der Waals surface area contributed by atoms with Crippen LogP contribution in [-0.2, 0) is 21.9 Å². The third-order valence-corrected chi connectivity index (χ3v) is 5.29. The molecule has 2 amide bonds. The summed E-state index contributed by atoms with van der Waals surface area (Å²) < 4.78 is 77.1. The molecule has 0 unspecified atom stereocenters. The smallest absolute Gasteiger partial charge is 0.421 e. The van der Waals surface area contributed by atoms with Crippen LogP contribution in [-0.4, -0.2) is 69.0 Å². The Balaban J connectivity index is 0.000000341. The molecule has 0 aliphatic carbocycles. The van der Waals surface area contributed by atoms with Gasteiger partial charge in [0.25, 0.3) is 0 Å². The van der Waals surface area contributed by atoms with Crippen LogP contribution in [0.5, 0.6) is 0 Å². The van der Waals surface area contributed by atoms with Crippen molar-refractivity contribution in [3.05, 3.63) is 58.6 Å². The number of rotatable bonds is 11. The van der Waals surface area contributed by atoms with Gasteiger partial charge in [-0.15, -0.1) is 0 Å². The number of carboxylic acid groups (broad SMARTS) is 1. The number of carboxylic acids is 1. The van der Waals surface area contributed by atoms with Gasteiger partial charge in [0, 0.05) is 58.1 Å². The van der Waals surface area contributed by atoms with Gasteiger partial charge in [0.05, 0.1) is 5.56 Å². The minimum Gasteiger partial charge on any atom is -0.478 e. The number of halogens is 7. The Labute approximate surface area is 256 Å². The molecule has 6 N–H and O–H groups in total. The quantitative estimate of drug-likeness (QED) is 0.0981. The lowest BCUT2D eigenvalue weighted by molar-refractivity contribution is -0.138. The SMILES string of the molecule is CC(=O)NCCNc1nc(Cl)ncc1C(F)(F)F.CC(=O)NCCNc1nc(Nc2cccc(C(=O)O)c2)ncc1C(F)(F)F. The maximum Gasteiger partial charge on any atom is 0.421 e. The highest BCUT2D eigenvalue weighted by Gasteiger charge is 2.36. The molecule has 3 rings (SSSR count). The number of hydrogen-bond donors (Lipinski definition) is 6. The summed E-state index contributed by atoms with van der Waals surface area (Å²) in [6, 6.07) is 5.67. The molecule has 244 valence electrons. The van der Waals surface area contributed by atoms with E-state index in [1.54, 1.807) is 0 Å². The molecular weight excluding hydrogens is 640 g/mol. The molecule has 0 bridgehead atoms. The molecule has 0 aliphatic rings. The fourth-order valence-corrected chi connectivity index (χ4v) is 3.32. The Morgan fingerprint density at radius 2 is 1.31 bits per heavy atom. The van der Waals surface area contributed by atoms with E-state index in [2.05, 4.69) is 46.5 Å². The predicted octanol–water partition coefficient (Wildman–Crippen LogP) is 4.18. The first kappa shape index (κ1) is 36.3. The highest BCUT2D eigenvalue weighted by atomic mass is 35.5. The van der Waals surface area contributed by atoms with Gasteiger partial charge in [-0.1, -0.05) is 6.07 Å². The zero-order valence-electron chi connectivity index (χ0n) is 23.4. The largest absolute Gasteiger partial charge is 0.478 e. The minimum atomic E-state index is -4.67. The van der Waals surface area contributed by atoms with Crippen molar-refractivity contribution in [3.63, 3.8) is 0 Å². The average Bonchev–Trinajstić information content (AvgIpc) is 2.92. The number of alkyl halides is 6. The molecular formula is C25H26ClF6N9O4. The van der Waals surface area contributed by atoms with E-state index in [-0.39, 0.29) is 54.8 Å². The first-order chi connectivity index (χ1) is 21.0. The van der Waals surface area contributed by atoms with Crippen LogP contribution in [0, 0.1) is 0 Å². The van der Waals surface area contributed by atoms with E-state index in [4.69, 9.17) is 16.7 Å². The van der Waals surface area contributed by atoms with Crippen LogP contribution in [0.2, 0.25) is 5.28 Å². The van der Waals surface area contributed by atoms with Crippen molar-refractivity contribution in [3.8, 4) is 0 Å². The number of hydrogen-bond acceptors (Lipinski definition) is 10. The lowest BCUT2D eigenvalue weighted by Gasteiger charge is -2.15. The van der Waals surface area contributed by atoms with Crippen LogP contribution in [0.1, 0.15) is 35.3 Å². The highest BCUT2D eigenvalue weighted by Crippen LogP contribution is 2.34. The van der Waals surface area contributed by atoms with Crippen molar-refractivity contribution in [2.24, 2.45) is 0 Å². The van der Waals surface area contributed by atoms with Crippen molar-refractivity contribution < 1.29 is 45.8 Å². The summed E-state index contributed by atoms with van der Waals surface area (Å²) in [5.41, 5.74) is -1.76. The van der Waals surface area contributed by atoms with Gasteiger partial charge in [-0.2, -0.15) is 31.3 Å². The molecule has 0 aliphatic heterocycles. The van der Waals surface area contributed by atoms with E-state index in [0.717, 1.165) is 0 Å². The second-order valence-corrected chi connectivity index (χ2v) is 9.02. The van der Waals surface area contributed by atoms with Crippen LogP contribution >= 0.6 is 11.6 Å². The van der Waals surface area contributed by atoms with Gasteiger partial charge in [-0.05, 0) is 29.8 Å². The third-order valence-electron chi connectivity index (χ3n) is 5.11. The van der Waals surface area contributed by atoms with Crippen LogP contribution in [0.25, 0.3) is 0 Å². The van der Waals surface area contributed by atoms with Gasteiger partial charge < -0.3 is 31.7 Å². The Hall–Kier alpha value is -4.94. The van der Waals surface area contributed by atoms with Crippen molar-refractivity contribution >= 4 is 52.7 Å². The Morgan fingerprint density at radius 1 is 0.800 bits per heavy atom. The molecule has 0 atom stereocenters. The van der Waals surface area contributed by atoms with E-state index >= 15 is 0 Å². The third kappa shape index (κ3) is 12.7. The lowest BCUT2D eigenvalue weighted by Crippen LogP contribution is -2.27. The molecule has 45 heavy (non-hydrogen) atoms.